The molecule has 0 aromatic carbocycles. The number of imidazole rings is 1. The van der Waals surface area contributed by atoms with Crippen molar-refractivity contribution in [1.82, 2.24) is 14.3 Å². The second kappa shape index (κ2) is 7.09. The highest BCUT2D eigenvalue weighted by Crippen LogP contribution is 2.22. The van der Waals surface area contributed by atoms with Crippen LogP contribution in [0.3, 0.4) is 0 Å². The fourth-order valence-electron chi connectivity index (χ4n) is 2.87. The van der Waals surface area contributed by atoms with E-state index >= 15 is 0 Å². The third-order valence-corrected chi connectivity index (χ3v) is 4.06. The third-order valence-electron chi connectivity index (χ3n) is 4.06. The molecule has 6 heteroatoms. The van der Waals surface area contributed by atoms with Crippen LogP contribution in [0.1, 0.15) is 11.4 Å². The van der Waals surface area contributed by atoms with E-state index in [2.05, 4.69) is 14.3 Å². The molecule has 0 spiro atoms. The van der Waals surface area contributed by atoms with Crippen LogP contribution in [0.5, 0.6) is 5.75 Å². The van der Waals surface area contributed by atoms with Gasteiger partial charge in [-0.1, -0.05) is 0 Å². The van der Waals surface area contributed by atoms with Crippen LogP contribution in [0.25, 0.3) is 5.65 Å². The maximum atomic E-state index is 5.97. The molecule has 3 rings (SSSR count). The molecule has 0 bridgehead atoms. The predicted molar refractivity (Wildman–Crippen MR) is 85.4 cm³/mol. The van der Waals surface area contributed by atoms with E-state index in [4.69, 9.17) is 15.2 Å². The zero-order chi connectivity index (χ0) is 15.4. The molecule has 120 valence electrons. The van der Waals surface area contributed by atoms with Crippen molar-refractivity contribution >= 4 is 5.65 Å². The van der Waals surface area contributed by atoms with Crippen molar-refractivity contribution in [3.05, 3.63) is 29.7 Å². The van der Waals surface area contributed by atoms with Crippen molar-refractivity contribution in [1.29, 1.82) is 0 Å². The second-order valence-electron chi connectivity index (χ2n) is 5.55. The van der Waals surface area contributed by atoms with Gasteiger partial charge in [0.1, 0.15) is 6.61 Å². The lowest BCUT2D eigenvalue weighted by molar-refractivity contribution is 0.0323. The van der Waals surface area contributed by atoms with Gasteiger partial charge in [0.05, 0.1) is 18.9 Å². The molecule has 0 atom stereocenters. The average molecular weight is 304 g/mol. The lowest BCUT2D eigenvalue weighted by Crippen LogP contribution is -2.38. The van der Waals surface area contributed by atoms with Crippen LogP contribution < -0.4 is 10.5 Å². The fourth-order valence-corrected chi connectivity index (χ4v) is 2.87. The van der Waals surface area contributed by atoms with E-state index in [0.29, 0.717) is 13.2 Å². The van der Waals surface area contributed by atoms with Crippen LogP contribution in [0.4, 0.5) is 0 Å². The minimum absolute atomic E-state index is 0.622. The summed E-state index contributed by atoms with van der Waals surface area (Å²) >= 11 is 0. The van der Waals surface area contributed by atoms with E-state index in [1.165, 1.54) is 0 Å². The molecule has 0 saturated carbocycles. The van der Waals surface area contributed by atoms with E-state index in [0.717, 1.165) is 62.1 Å². The van der Waals surface area contributed by atoms with E-state index < -0.39 is 0 Å². The van der Waals surface area contributed by atoms with Crippen LogP contribution >= 0.6 is 0 Å². The largest absolute Gasteiger partial charge is 0.488 e. The summed E-state index contributed by atoms with van der Waals surface area (Å²) in [6.07, 6.45) is 2.85. The van der Waals surface area contributed by atoms with Crippen molar-refractivity contribution in [2.75, 3.05) is 46.0 Å². The van der Waals surface area contributed by atoms with Gasteiger partial charge in [0.25, 0.3) is 0 Å². The normalized spacial score (nSPS) is 16.3. The zero-order valence-corrected chi connectivity index (χ0v) is 13.1. The number of nitrogens with zero attached hydrogens (tertiary/aromatic N) is 3. The summed E-state index contributed by atoms with van der Waals surface area (Å²) in [5, 5.41) is 0. The number of nitrogens with two attached hydrogens (primary N) is 1. The van der Waals surface area contributed by atoms with Gasteiger partial charge < -0.3 is 19.6 Å². The van der Waals surface area contributed by atoms with E-state index in [-0.39, 0.29) is 0 Å². The van der Waals surface area contributed by atoms with Gasteiger partial charge in [-0.25, -0.2) is 4.98 Å². The summed E-state index contributed by atoms with van der Waals surface area (Å²) in [5.41, 5.74) is 8.76. The number of aromatic nitrogens is 2. The minimum atomic E-state index is 0.622. The number of hydrogen-bond donors (Lipinski definition) is 1. The van der Waals surface area contributed by atoms with Crippen LogP contribution in [-0.4, -0.2) is 60.3 Å². The molecule has 1 aliphatic heterocycles. The zero-order valence-electron chi connectivity index (χ0n) is 13.1. The molecule has 0 amide bonds. The molecule has 1 fully saturated rings. The molecule has 1 aliphatic rings. The molecule has 0 radical (unpaired) electrons. The first-order chi connectivity index (χ1) is 10.8. The molecule has 0 unspecified atom stereocenters. The molecule has 2 N–H and O–H groups in total. The maximum Gasteiger partial charge on any atom is 0.180 e. The second-order valence-corrected chi connectivity index (χ2v) is 5.55. The summed E-state index contributed by atoms with van der Waals surface area (Å²) in [5.74, 6) is 0.835. The van der Waals surface area contributed by atoms with Crippen molar-refractivity contribution in [2.45, 2.75) is 13.3 Å². The fraction of sp³-hybridized carbons (Fsp3) is 0.562. The Bertz CT molecular complexity index is 620. The van der Waals surface area contributed by atoms with E-state index in [1.54, 1.807) is 0 Å². The Kier molecular flexibility index (Phi) is 4.92. The number of hydrogen-bond acceptors (Lipinski definition) is 5. The Morgan fingerprint density at radius 3 is 2.95 bits per heavy atom. The summed E-state index contributed by atoms with van der Waals surface area (Å²) < 4.78 is 13.4. The number of ether oxygens (including phenoxy) is 2. The molecule has 6 nitrogen and oxygen atoms in total. The van der Waals surface area contributed by atoms with E-state index in [1.807, 2.05) is 25.3 Å². The van der Waals surface area contributed by atoms with Crippen molar-refractivity contribution in [3.63, 3.8) is 0 Å². The average Bonchev–Trinajstić information content (AvgIpc) is 2.86. The molecule has 2 aromatic rings. The van der Waals surface area contributed by atoms with Gasteiger partial charge in [-0.3, -0.25) is 4.90 Å². The molecule has 1 saturated heterocycles. The highest BCUT2D eigenvalue weighted by molar-refractivity contribution is 5.56. The number of aryl methyl sites for hydroxylation is 1. The molecule has 0 aliphatic carbocycles. The highest BCUT2D eigenvalue weighted by Gasteiger charge is 2.13. The van der Waals surface area contributed by atoms with Crippen LogP contribution in [0, 0.1) is 6.92 Å². The quantitative estimate of drug-likeness (QED) is 0.857. The summed E-state index contributed by atoms with van der Waals surface area (Å²) in [6.45, 7) is 7.83. The Morgan fingerprint density at radius 2 is 2.18 bits per heavy atom. The highest BCUT2D eigenvalue weighted by atomic mass is 16.5. The van der Waals surface area contributed by atoms with Gasteiger partial charge in [-0.15, -0.1) is 0 Å². The Hall–Kier alpha value is -1.63. The third kappa shape index (κ3) is 3.24. The van der Waals surface area contributed by atoms with Crippen molar-refractivity contribution in [3.8, 4) is 5.75 Å². The number of rotatable bonds is 6. The summed E-state index contributed by atoms with van der Waals surface area (Å²) in [4.78, 5) is 7.01. The van der Waals surface area contributed by atoms with Crippen molar-refractivity contribution < 1.29 is 9.47 Å². The molecular weight excluding hydrogens is 280 g/mol. The minimum Gasteiger partial charge on any atom is -0.488 e. The van der Waals surface area contributed by atoms with Crippen LogP contribution in [0.2, 0.25) is 0 Å². The molecule has 2 aromatic heterocycles. The van der Waals surface area contributed by atoms with Gasteiger partial charge in [0, 0.05) is 37.9 Å². The number of fused-ring (bicyclic) bond motifs is 1. The topological polar surface area (TPSA) is 65.0 Å². The lowest BCUT2D eigenvalue weighted by atomic mass is 10.2. The number of morpholine rings is 1. The molecule has 22 heavy (non-hydrogen) atoms. The SMILES string of the molecule is Cc1nc2c(OCCN3CCOCC3)cccn2c1CCN. The smallest absolute Gasteiger partial charge is 0.180 e. The Labute approximate surface area is 130 Å². The standard InChI is InChI=1S/C16H24N4O2/c1-13-14(4-5-17)20-6-2-3-15(16(20)18-13)22-12-9-19-7-10-21-11-8-19/h2-3,6H,4-5,7-12,17H2,1H3. The first-order valence-corrected chi connectivity index (χ1v) is 7.89. The van der Waals surface area contributed by atoms with Crippen LogP contribution in [-0.2, 0) is 11.2 Å². The first-order valence-electron chi connectivity index (χ1n) is 7.89. The predicted octanol–water partition coefficient (Wildman–Crippen LogP) is 0.855. The van der Waals surface area contributed by atoms with Gasteiger partial charge >= 0.3 is 0 Å². The first kappa shape index (κ1) is 15.3. The van der Waals surface area contributed by atoms with Gasteiger partial charge in [0.15, 0.2) is 11.4 Å². The van der Waals surface area contributed by atoms with Crippen molar-refractivity contribution in [2.24, 2.45) is 5.73 Å². The van der Waals surface area contributed by atoms with Gasteiger partial charge in [0.2, 0.25) is 0 Å². The van der Waals surface area contributed by atoms with Gasteiger partial charge in [-0.05, 0) is 25.6 Å². The van der Waals surface area contributed by atoms with Crippen LogP contribution in [0.15, 0.2) is 18.3 Å². The number of pyridine rings is 1. The van der Waals surface area contributed by atoms with Gasteiger partial charge in [-0.2, -0.15) is 0 Å². The Balaban J connectivity index is 1.69. The summed E-state index contributed by atoms with van der Waals surface area (Å²) in [6, 6.07) is 3.98. The maximum absolute atomic E-state index is 5.97. The lowest BCUT2D eigenvalue weighted by Gasteiger charge is -2.26. The molecular formula is C16H24N4O2. The monoisotopic (exact) mass is 304 g/mol. The Morgan fingerprint density at radius 1 is 1.36 bits per heavy atom. The molecule has 3 heterocycles. The van der Waals surface area contributed by atoms with E-state index in [9.17, 15) is 0 Å². The summed E-state index contributed by atoms with van der Waals surface area (Å²) in [7, 11) is 0.